The van der Waals surface area contributed by atoms with Crippen molar-refractivity contribution in [1.82, 2.24) is 5.32 Å². The van der Waals surface area contributed by atoms with Crippen molar-refractivity contribution in [3.8, 4) is 0 Å². The Morgan fingerprint density at radius 3 is 2.12 bits per heavy atom. The van der Waals surface area contributed by atoms with Gasteiger partial charge in [0.1, 0.15) is 0 Å². The quantitative estimate of drug-likeness (QED) is 0.486. The number of carbonyl (C=O) groups excluding carboxylic acids is 1. The lowest BCUT2D eigenvalue weighted by atomic mass is 10.2. The molecule has 26 heavy (non-hydrogen) atoms. The molecule has 3 rings (SSSR count). The predicted octanol–water partition coefficient (Wildman–Crippen LogP) is 5.99. The number of nitrogens with one attached hydrogen (secondary N) is 3. The molecule has 0 aliphatic rings. The van der Waals surface area contributed by atoms with E-state index in [-0.39, 0.29) is 6.03 Å². The molecule has 0 spiro atoms. The van der Waals surface area contributed by atoms with Crippen molar-refractivity contribution < 1.29 is 4.79 Å². The third kappa shape index (κ3) is 5.22. The van der Waals surface area contributed by atoms with Gasteiger partial charge in [0.15, 0.2) is 0 Å². The molecule has 0 saturated carbocycles. The first kappa shape index (κ1) is 17.8. The summed E-state index contributed by atoms with van der Waals surface area (Å²) in [7, 11) is 0. The second kappa shape index (κ2) is 8.87. The van der Waals surface area contributed by atoms with Crippen LogP contribution in [0.4, 0.5) is 21.9 Å². The fraction of sp³-hybridized carbons (Fsp3) is 0. The molecular weight excluding hydrogens is 390 g/mol. The molecule has 0 radical (unpaired) electrons. The van der Waals surface area contributed by atoms with Crippen LogP contribution in [0.25, 0.3) is 6.08 Å². The average Bonchev–Trinajstić information content (AvgIpc) is 2.66. The van der Waals surface area contributed by atoms with E-state index in [0.717, 1.165) is 27.1 Å². The number of para-hydroxylation sites is 1. The summed E-state index contributed by atoms with van der Waals surface area (Å²) < 4.78 is 0.972. The summed E-state index contributed by atoms with van der Waals surface area (Å²) in [5.74, 6) is 0. The van der Waals surface area contributed by atoms with Crippen LogP contribution in [0.15, 0.2) is 89.5 Å². The van der Waals surface area contributed by atoms with E-state index in [1.165, 1.54) is 0 Å². The maximum absolute atomic E-state index is 12.0. The van der Waals surface area contributed by atoms with Gasteiger partial charge in [0.25, 0.3) is 0 Å². The SMILES string of the molecule is O=C(N/C=C/c1ccccc1Br)Nc1ccc(Nc2ccccc2)cc1. The minimum Gasteiger partial charge on any atom is -0.356 e. The van der Waals surface area contributed by atoms with Crippen LogP contribution in [0.3, 0.4) is 0 Å². The van der Waals surface area contributed by atoms with Crippen LogP contribution >= 0.6 is 15.9 Å². The summed E-state index contributed by atoms with van der Waals surface area (Å²) in [6.07, 6.45) is 3.44. The van der Waals surface area contributed by atoms with Crippen LogP contribution in [0.1, 0.15) is 5.56 Å². The first-order chi connectivity index (χ1) is 12.7. The van der Waals surface area contributed by atoms with Gasteiger partial charge in [0.2, 0.25) is 0 Å². The van der Waals surface area contributed by atoms with Gasteiger partial charge in [-0.3, -0.25) is 0 Å². The van der Waals surface area contributed by atoms with Crippen LogP contribution < -0.4 is 16.0 Å². The number of benzene rings is 3. The highest BCUT2D eigenvalue weighted by atomic mass is 79.9. The monoisotopic (exact) mass is 407 g/mol. The molecular formula is C21H18BrN3O. The van der Waals surface area contributed by atoms with Crippen LogP contribution in [-0.2, 0) is 0 Å². The Morgan fingerprint density at radius 2 is 1.38 bits per heavy atom. The van der Waals surface area contributed by atoms with Crippen molar-refractivity contribution >= 4 is 45.1 Å². The predicted molar refractivity (Wildman–Crippen MR) is 111 cm³/mol. The number of hydrogen-bond donors (Lipinski definition) is 3. The minimum absolute atomic E-state index is 0.294. The number of urea groups is 1. The van der Waals surface area contributed by atoms with Crippen LogP contribution in [0.5, 0.6) is 0 Å². The standard InChI is InChI=1S/C21H18BrN3O/c22-20-9-5-4-6-16(20)14-15-23-21(26)25-19-12-10-18(11-13-19)24-17-7-2-1-3-8-17/h1-15,24H,(H2,23,25,26)/b15-14+. The summed E-state index contributed by atoms with van der Waals surface area (Å²) in [5.41, 5.74) is 3.68. The van der Waals surface area contributed by atoms with E-state index in [4.69, 9.17) is 0 Å². The Kier molecular flexibility index (Phi) is 6.06. The molecule has 0 aliphatic heterocycles. The van der Waals surface area contributed by atoms with Gasteiger partial charge in [-0.25, -0.2) is 4.79 Å². The van der Waals surface area contributed by atoms with Crippen LogP contribution in [0, 0.1) is 0 Å². The molecule has 2 amide bonds. The summed E-state index contributed by atoms with van der Waals surface area (Å²) in [6, 6.07) is 24.9. The second-order valence-electron chi connectivity index (χ2n) is 5.52. The number of anilines is 3. The van der Waals surface area contributed by atoms with E-state index < -0.39 is 0 Å². The lowest BCUT2D eigenvalue weighted by molar-refractivity contribution is 0.255. The van der Waals surface area contributed by atoms with Gasteiger partial charge in [-0.05, 0) is 54.1 Å². The second-order valence-corrected chi connectivity index (χ2v) is 6.38. The van der Waals surface area contributed by atoms with Gasteiger partial charge in [-0.2, -0.15) is 0 Å². The molecule has 0 aromatic heterocycles. The number of halogens is 1. The van der Waals surface area contributed by atoms with Crippen LogP contribution in [-0.4, -0.2) is 6.03 Å². The first-order valence-corrected chi connectivity index (χ1v) is 8.91. The number of amides is 2. The highest BCUT2D eigenvalue weighted by molar-refractivity contribution is 9.10. The highest BCUT2D eigenvalue weighted by Crippen LogP contribution is 2.19. The first-order valence-electron chi connectivity index (χ1n) is 8.11. The molecule has 3 N–H and O–H groups in total. The molecule has 0 bridgehead atoms. The fourth-order valence-corrected chi connectivity index (χ4v) is 2.73. The lowest BCUT2D eigenvalue weighted by Gasteiger charge is -2.08. The molecule has 0 unspecified atom stereocenters. The third-order valence-electron chi connectivity index (χ3n) is 3.59. The Morgan fingerprint density at radius 1 is 0.769 bits per heavy atom. The van der Waals surface area contributed by atoms with Crippen molar-refractivity contribution in [2.24, 2.45) is 0 Å². The molecule has 3 aromatic rings. The van der Waals surface area contributed by atoms with Gasteiger partial charge < -0.3 is 16.0 Å². The van der Waals surface area contributed by atoms with E-state index in [2.05, 4.69) is 31.9 Å². The summed E-state index contributed by atoms with van der Waals surface area (Å²) in [4.78, 5) is 12.0. The molecule has 5 heteroatoms. The zero-order chi connectivity index (χ0) is 18.2. The molecule has 3 aromatic carbocycles. The maximum Gasteiger partial charge on any atom is 0.323 e. The van der Waals surface area contributed by atoms with E-state index in [9.17, 15) is 4.79 Å². The number of carbonyl (C=O) groups is 1. The molecule has 0 fully saturated rings. The molecule has 0 saturated heterocycles. The summed E-state index contributed by atoms with van der Waals surface area (Å²) >= 11 is 3.46. The minimum atomic E-state index is -0.294. The average molecular weight is 408 g/mol. The number of rotatable bonds is 5. The lowest BCUT2D eigenvalue weighted by Crippen LogP contribution is -2.23. The zero-order valence-electron chi connectivity index (χ0n) is 13.9. The Bertz CT molecular complexity index is 893. The molecule has 4 nitrogen and oxygen atoms in total. The van der Waals surface area contributed by atoms with Gasteiger partial charge >= 0.3 is 6.03 Å². The Balaban J connectivity index is 1.52. The normalized spacial score (nSPS) is 10.5. The van der Waals surface area contributed by atoms with E-state index in [1.54, 1.807) is 6.20 Å². The topological polar surface area (TPSA) is 53.2 Å². The number of hydrogen-bond acceptors (Lipinski definition) is 2. The molecule has 130 valence electrons. The van der Waals surface area contributed by atoms with Gasteiger partial charge in [0.05, 0.1) is 0 Å². The van der Waals surface area contributed by atoms with Crippen molar-refractivity contribution in [2.75, 3.05) is 10.6 Å². The Hall–Kier alpha value is -3.05. The third-order valence-corrected chi connectivity index (χ3v) is 4.31. The molecule has 0 atom stereocenters. The van der Waals surface area contributed by atoms with Crippen molar-refractivity contribution in [3.05, 3.63) is 95.1 Å². The van der Waals surface area contributed by atoms with Crippen molar-refractivity contribution in [2.45, 2.75) is 0 Å². The fourth-order valence-electron chi connectivity index (χ4n) is 2.31. The van der Waals surface area contributed by atoms with E-state index in [1.807, 2.05) is 84.9 Å². The largest absolute Gasteiger partial charge is 0.356 e. The maximum atomic E-state index is 12.0. The van der Waals surface area contributed by atoms with Crippen LogP contribution in [0.2, 0.25) is 0 Å². The Labute approximate surface area is 161 Å². The van der Waals surface area contributed by atoms with Gasteiger partial charge in [0, 0.05) is 27.7 Å². The van der Waals surface area contributed by atoms with Gasteiger partial charge in [-0.1, -0.05) is 52.3 Å². The van der Waals surface area contributed by atoms with E-state index >= 15 is 0 Å². The zero-order valence-corrected chi connectivity index (χ0v) is 15.5. The summed E-state index contributed by atoms with van der Waals surface area (Å²) in [5, 5.41) is 8.79. The highest BCUT2D eigenvalue weighted by Gasteiger charge is 2.00. The molecule has 0 aliphatic carbocycles. The smallest absolute Gasteiger partial charge is 0.323 e. The van der Waals surface area contributed by atoms with Crippen molar-refractivity contribution in [3.63, 3.8) is 0 Å². The summed E-state index contributed by atoms with van der Waals surface area (Å²) in [6.45, 7) is 0. The van der Waals surface area contributed by atoms with Crippen molar-refractivity contribution in [1.29, 1.82) is 0 Å². The van der Waals surface area contributed by atoms with E-state index in [0.29, 0.717) is 0 Å². The van der Waals surface area contributed by atoms with Gasteiger partial charge in [-0.15, -0.1) is 0 Å². The molecule has 0 heterocycles.